The number of hydrogen-bond donors (Lipinski definition) is 4. The predicted octanol–water partition coefficient (Wildman–Crippen LogP) is 8.33. The second-order valence-corrected chi connectivity index (χ2v) is 20.3. The number of aromatic amines is 1. The molecule has 0 unspecified atom stereocenters. The van der Waals surface area contributed by atoms with Crippen molar-refractivity contribution in [3.8, 4) is 5.69 Å². The molecule has 1 saturated carbocycles. The largest absolute Gasteiger partial charge is 0.393 e. The van der Waals surface area contributed by atoms with E-state index in [1.165, 1.54) is 28.8 Å². The topological polar surface area (TPSA) is 192 Å². The van der Waals surface area contributed by atoms with E-state index >= 15 is 0 Å². The Morgan fingerprint density at radius 3 is 2.52 bits per heavy atom. The Morgan fingerprint density at radius 2 is 1.77 bits per heavy atom. The van der Waals surface area contributed by atoms with Gasteiger partial charge in [-0.2, -0.15) is 5.10 Å². The van der Waals surface area contributed by atoms with E-state index in [1.807, 2.05) is 36.4 Å². The van der Waals surface area contributed by atoms with Gasteiger partial charge in [-0.15, -0.1) is 0 Å². The number of H-pyrrole nitrogens is 1. The van der Waals surface area contributed by atoms with Crippen LogP contribution in [0.3, 0.4) is 0 Å². The van der Waals surface area contributed by atoms with Crippen molar-refractivity contribution >= 4 is 72.2 Å². The number of halogens is 1. The molecule has 4 heterocycles. The number of piperazine rings is 1. The summed E-state index contributed by atoms with van der Waals surface area (Å²) >= 11 is 6.26. The molecule has 17 heteroatoms. The number of anilines is 2. The van der Waals surface area contributed by atoms with E-state index in [0.29, 0.717) is 41.8 Å². The lowest BCUT2D eigenvalue weighted by Gasteiger charge is -2.39. The van der Waals surface area contributed by atoms with Crippen molar-refractivity contribution in [3.05, 3.63) is 117 Å². The van der Waals surface area contributed by atoms with Gasteiger partial charge in [0.1, 0.15) is 16.9 Å². The number of nitro benzene ring substituents is 1. The zero-order valence-electron chi connectivity index (χ0n) is 35.9. The van der Waals surface area contributed by atoms with E-state index in [4.69, 9.17) is 16.6 Å². The number of allylic oxidation sites excluding steroid dienone is 1. The van der Waals surface area contributed by atoms with Crippen LogP contribution in [0.25, 0.3) is 33.3 Å². The lowest BCUT2D eigenvalue weighted by molar-refractivity contribution is -0.384. The molecule has 0 atom stereocenters. The summed E-state index contributed by atoms with van der Waals surface area (Å²) in [7, 11) is -4.58. The van der Waals surface area contributed by atoms with E-state index < -0.39 is 31.4 Å². The number of rotatable bonds is 12. The molecule has 3 aliphatic rings. The number of hydrogen-bond acceptors (Lipinski definition) is 11. The Bertz CT molecular complexity index is 2880. The molecule has 15 nitrogen and oxygen atoms in total. The molecule has 0 bridgehead atoms. The van der Waals surface area contributed by atoms with Gasteiger partial charge in [0.2, 0.25) is 0 Å². The molecule has 3 aromatic carbocycles. The molecule has 334 valence electrons. The van der Waals surface area contributed by atoms with Crippen molar-refractivity contribution in [1.82, 2.24) is 29.4 Å². The number of aliphatic hydroxyl groups is 1. The molecule has 6 aromatic rings. The van der Waals surface area contributed by atoms with Crippen molar-refractivity contribution in [3.63, 3.8) is 0 Å². The van der Waals surface area contributed by atoms with Gasteiger partial charge in [-0.05, 0) is 122 Å². The fourth-order valence-electron chi connectivity index (χ4n) is 9.42. The molecule has 1 aliphatic heterocycles. The van der Waals surface area contributed by atoms with E-state index in [0.717, 1.165) is 87.0 Å². The summed E-state index contributed by atoms with van der Waals surface area (Å²) in [6.07, 6.45) is 9.16. The van der Waals surface area contributed by atoms with Crippen molar-refractivity contribution in [2.75, 3.05) is 49.5 Å². The normalized spacial score (nSPS) is 19.6. The van der Waals surface area contributed by atoms with Crippen LogP contribution in [0, 0.1) is 21.4 Å². The maximum atomic E-state index is 14.2. The summed E-state index contributed by atoms with van der Waals surface area (Å²) in [6, 6.07) is 20.8. The number of benzene rings is 3. The van der Waals surface area contributed by atoms with Crippen LogP contribution in [0.4, 0.5) is 17.1 Å². The van der Waals surface area contributed by atoms with E-state index in [1.54, 1.807) is 23.1 Å². The van der Waals surface area contributed by atoms with Crippen molar-refractivity contribution in [1.29, 1.82) is 0 Å². The number of nitrogens with zero attached hydrogens (tertiary/aromatic N) is 6. The monoisotopic (exact) mass is 905 g/mol. The van der Waals surface area contributed by atoms with Crippen LogP contribution in [-0.2, 0) is 10.0 Å². The lowest BCUT2D eigenvalue weighted by atomic mass is 9.72. The minimum Gasteiger partial charge on any atom is -0.393 e. The molecule has 0 spiro atoms. The standard InChI is InChI=1S/C47H52ClN9O6S/c1-47(2)17-15-33(39(26-47)31-5-7-34(48)8-6-31)29-54-19-21-55(22-20-54)35-9-13-38(42(24-35)56-43-23-32-16-18-49-45(32)52-41(43)28-51-56)46(59)53-64(62,63)37-12-14-40(44(25-37)57(60)61)50-27-30-3-10-36(58)11-4-30/h5-9,12-14,16,18,23-25,28,30,36,50,58H,3-4,10-11,15,17,19-22,26-27,29H2,1-2H3,(H,49,52)(H,53,59). The molecule has 2 fully saturated rings. The third-order valence-corrected chi connectivity index (χ3v) is 14.7. The van der Waals surface area contributed by atoms with Crippen LogP contribution < -0.4 is 14.9 Å². The minimum atomic E-state index is -4.58. The second-order valence-electron chi connectivity index (χ2n) is 18.2. The predicted molar refractivity (Wildman–Crippen MR) is 250 cm³/mol. The average Bonchev–Trinajstić information content (AvgIpc) is 3.92. The highest BCUT2D eigenvalue weighted by Crippen LogP contribution is 2.43. The summed E-state index contributed by atoms with van der Waals surface area (Å²) in [6.45, 7) is 9.10. The van der Waals surface area contributed by atoms with Gasteiger partial charge < -0.3 is 20.3 Å². The minimum absolute atomic E-state index is 0.0393. The lowest BCUT2D eigenvalue weighted by Crippen LogP contribution is -2.47. The molecule has 1 saturated heterocycles. The maximum absolute atomic E-state index is 14.2. The summed E-state index contributed by atoms with van der Waals surface area (Å²) < 4.78 is 31.5. The molecule has 2 aliphatic carbocycles. The van der Waals surface area contributed by atoms with Gasteiger partial charge in [-0.1, -0.05) is 43.2 Å². The zero-order chi connectivity index (χ0) is 44.8. The summed E-state index contributed by atoms with van der Waals surface area (Å²) in [4.78, 5) is 37.9. The molecular weight excluding hydrogens is 854 g/mol. The number of fused-ring (bicyclic) bond motifs is 2. The van der Waals surface area contributed by atoms with Gasteiger partial charge >= 0.3 is 0 Å². The fourth-order valence-corrected chi connectivity index (χ4v) is 10.5. The Morgan fingerprint density at radius 1 is 1.00 bits per heavy atom. The van der Waals surface area contributed by atoms with E-state index in [-0.39, 0.29) is 28.7 Å². The molecule has 9 rings (SSSR count). The number of amides is 1. The van der Waals surface area contributed by atoms with Gasteiger partial charge in [0.25, 0.3) is 21.6 Å². The summed E-state index contributed by atoms with van der Waals surface area (Å²) in [5.74, 6) is -0.699. The van der Waals surface area contributed by atoms with Gasteiger partial charge in [0, 0.05) is 67.6 Å². The highest BCUT2D eigenvalue weighted by Gasteiger charge is 2.31. The van der Waals surface area contributed by atoms with Gasteiger partial charge in [0.05, 0.1) is 38.9 Å². The third kappa shape index (κ3) is 9.23. The van der Waals surface area contributed by atoms with E-state index in [9.17, 15) is 28.4 Å². The van der Waals surface area contributed by atoms with Gasteiger partial charge in [-0.3, -0.25) is 19.8 Å². The third-order valence-electron chi connectivity index (χ3n) is 13.2. The Balaban J connectivity index is 0.970. The average molecular weight is 907 g/mol. The van der Waals surface area contributed by atoms with Crippen molar-refractivity contribution in [2.24, 2.45) is 11.3 Å². The number of aliphatic hydroxyl groups excluding tert-OH is 1. The van der Waals surface area contributed by atoms with Crippen LogP contribution in [0.15, 0.2) is 95.7 Å². The smallest absolute Gasteiger partial charge is 0.293 e. The highest BCUT2D eigenvalue weighted by atomic mass is 35.5. The summed E-state index contributed by atoms with van der Waals surface area (Å²) in [5.41, 5.74) is 7.19. The number of sulfonamides is 1. The van der Waals surface area contributed by atoms with Gasteiger partial charge in [0.15, 0.2) is 0 Å². The molecule has 1 amide bonds. The molecule has 0 radical (unpaired) electrons. The molecular formula is C47H52ClN9O6S. The van der Waals surface area contributed by atoms with Crippen LogP contribution >= 0.6 is 11.6 Å². The number of carbonyl (C=O) groups excluding carboxylic acids is 1. The number of aromatic nitrogens is 4. The van der Waals surface area contributed by atoms with Crippen molar-refractivity contribution < 1.29 is 23.2 Å². The number of carbonyl (C=O) groups is 1. The van der Waals surface area contributed by atoms with Crippen LogP contribution in [0.5, 0.6) is 0 Å². The van der Waals surface area contributed by atoms with Crippen molar-refractivity contribution in [2.45, 2.75) is 69.8 Å². The summed E-state index contributed by atoms with van der Waals surface area (Å²) in [5, 5.41) is 31.3. The Labute approximate surface area is 376 Å². The first kappa shape index (κ1) is 43.4. The Hall–Kier alpha value is -5.81. The van der Waals surface area contributed by atoms with Crippen LogP contribution in [-0.4, -0.2) is 94.4 Å². The van der Waals surface area contributed by atoms with Crippen LogP contribution in [0.1, 0.15) is 74.7 Å². The highest BCUT2D eigenvalue weighted by molar-refractivity contribution is 7.90. The first-order valence-electron chi connectivity index (χ1n) is 21.9. The zero-order valence-corrected chi connectivity index (χ0v) is 37.5. The SMILES string of the molecule is CC1(C)CCC(CN2CCN(c3ccc(C(=O)NS(=O)(=O)c4ccc(NCC5CCC(O)CC5)c([N+](=O)[O-])c4)c(-n4ncc5nc6[nH]ccc6cc54)c3)CC2)=C(c2ccc(Cl)cc2)C1. The number of nitro groups is 1. The molecule has 4 N–H and O–H groups in total. The maximum Gasteiger partial charge on any atom is 0.293 e. The molecule has 3 aromatic heterocycles. The number of nitrogens with one attached hydrogen (secondary N) is 3. The molecule has 64 heavy (non-hydrogen) atoms. The quantitative estimate of drug-likeness (QED) is 0.0682. The van der Waals surface area contributed by atoms with Gasteiger partial charge in [-0.25, -0.2) is 22.8 Å². The first-order chi connectivity index (χ1) is 30.7. The van der Waals surface area contributed by atoms with E-state index in [2.05, 4.69) is 55.9 Å². The number of pyridine rings is 1. The second kappa shape index (κ2) is 17.6. The Kier molecular flexibility index (Phi) is 12.0. The van der Waals surface area contributed by atoms with Crippen LogP contribution in [0.2, 0.25) is 5.02 Å². The first-order valence-corrected chi connectivity index (χ1v) is 23.7. The fraction of sp³-hybridized carbons (Fsp3) is 0.383.